The van der Waals surface area contributed by atoms with E-state index in [1.807, 2.05) is 42.5 Å². The van der Waals surface area contributed by atoms with Crippen LogP contribution in [0.25, 0.3) is 93.8 Å². The van der Waals surface area contributed by atoms with E-state index in [1.165, 1.54) is 0 Å². The van der Waals surface area contributed by atoms with Gasteiger partial charge in [0.05, 0.1) is 11.0 Å². The van der Waals surface area contributed by atoms with Crippen LogP contribution in [0.15, 0.2) is 136 Å². The molecule has 6 aromatic carbocycles. The van der Waals surface area contributed by atoms with Crippen LogP contribution >= 0.6 is 0 Å². The van der Waals surface area contributed by atoms with Crippen LogP contribution in [0.4, 0.5) is 0 Å². The van der Waals surface area contributed by atoms with Crippen LogP contribution in [-0.4, -0.2) is 14.5 Å². The molecule has 0 aliphatic carbocycles. The fraction of sp³-hybridized carbons (Fsp3) is 0. The van der Waals surface area contributed by atoms with Crippen molar-refractivity contribution in [3.8, 4) is 17.2 Å². The highest BCUT2D eigenvalue weighted by atomic mass is 16.3. The molecule has 0 amide bonds. The first-order chi connectivity index (χ1) is 21.3. The number of rotatable bonds is 2. The largest absolute Gasteiger partial charge is 0.456 e. The number of benzene rings is 6. The van der Waals surface area contributed by atoms with Crippen molar-refractivity contribution in [3.63, 3.8) is 0 Å². The van der Waals surface area contributed by atoms with Crippen molar-refractivity contribution in [2.24, 2.45) is 0 Å². The number of hydrogen-bond acceptors (Lipinski definition) is 4. The van der Waals surface area contributed by atoms with E-state index in [2.05, 4.69) is 89.5 Å². The number of para-hydroxylation sites is 2. The third-order valence-corrected chi connectivity index (χ3v) is 8.62. The Hall–Kier alpha value is -5.94. The number of nitrogens with zero attached hydrogens (tertiary/aromatic N) is 3. The van der Waals surface area contributed by atoms with E-state index < -0.39 is 0 Å². The Bertz CT molecular complexity index is 2730. The predicted octanol–water partition coefficient (Wildman–Crippen LogP) is 10.2. The summed E-state index contributed by atoms with van der Waals surface area (Å²) in [5.41, 5.74) is 7.85. The van der Waals surface area contributed by atoms with Gasteiger partial charge in [-0.15, -0.1) is 0 Å². The van der Waals surface area contributed by atoms with Crippen molar-refractivity contribution in [3.05, 3.63) is 127 Å². The molecule has 0 atom stereocenters. The molecule has 5 heteroatoms. The maximum atomic E-state index is 6.65. The zero-order valence-corrected chi connectivity index (χ0v) is 22.8. The molecule has 0 saturated heterocycles. The minimum atomic E-state index is 0.598. The van der Waals surface area contributed by atoms with Crippen LogP contribution < -0.4 is 0 Å². The lowest BCUT2D eigenvalue weighted by molar-refractivity contribution is 0.669. The van der Waals surface area contributed by atoms with E-state index in [1.54, 1.807) is 0 Å². The van der Waals surface area contributed by atoms with Crippen LogP contribution in [0.2, 0.25) is 0 Å². The Morgan fingerprint density at radius 2 is 1.23 bits per heavy atom. The third kappa shape index (κ3) is 3.05. The second-order valence-corrected chi connectivity index (χ2v) is 11.0. The van der Waals surface area contributed by atoms with Gasteiger partial charge in [-0.1, -0.05) is 97.1 Å². The summed E-state index contributed by atoms with van der Waals surface area (Å²) in [7, 11) is 0. The Labute approximate surface area is 244 Å². The van der Waals surface area contributed by atoms with Crippen molar-refractivity contribution in [2.45, 2.75) is 0 Å². The number of hydrogen-bond donors (Lipinski definition) is 0. The molecule has 5 nitrogen and oxygen atoms in total. The fourth-order valence-corrected chi connectivity index (χ4v) is 6.74. The zero-order valence-electron chi connectivity index (χ0n) is 22.8. The molecule has 0 unspecified atom stereocenters. The average Bonchev–Trinajstić information content (AvgIpc) is 3.74. The normalized spacial score (nSPS) is 12.2. The molecule has 10 rings (SSSR count). The SMILES string of the molecule is c1ccc(-c2nc(-n3c4ccccc4c4c5c(ccc43)oc3ccccc35)nc3c2oc2c4ccccc4ccc32)cc1. The van der Waals surface area contributed by atoms with Gasteiger partial charge >= 0.3 is 0 Å². The summed E-state index contributed by atoms with van der Waals surface area (Å²) < 4.78 is 15.1. The van der Waals surface area contributed by atoms with Gasteiger partial charge in [-0.05, 0) is 35.7 Å². The van der Waals surface area contributed by atoms with Gasteiger partial charge in [0.2, 0.25) is 5.95 Å². The monoisotopic (exact) mass is 551 g/mol. The molecule has 4 heterocycles. The summed E-state index contributed by atoms with van der Waals surface area (Å²) in [6.45, 7) is 0. The zero-order chi connectivity index (χ0) is 28.1. The Balaban J connectivity index is 1.38. The van der Waals surface area contributed by atoms with Gasteiger partial charge in [0, 0.05) is 37.9 Å². The lowest BCUT2D eigenvalue weighted by atomic mass is 10.1. The van der Waals surface area contributed by atoms with Crippen molar-refractivity contribution in [2.75, 3.05) is 0 Å². The lowest BCUT2D eigenvalue weighted by Crippen LogP contribution is -2.02. The lowest BCUT2D eigenvalue weighted by Gasteiger charge is -2.09. The molecule has 10 aromatic rings. The van der Waals surface area contributed by atoms with Crippen LogP contribution in [0.3, 0.4) is 0 Å². The number of furan rings is 2. The molecule has 0 N–H and O–H groups in total. The Kier molecular flexibility index (Phi) is 4.39. The van der Waals surface area contributed by atoms with Gasteiger partial charge in [0.25, 0.3) is 0 Å². The second kappa shape index (κ2) is 8.30. The summed E-state index contributed by atoms with van der Waals surface area (Å²) in [6.07, 6.45) is 0. The maximum Gasteiger partial charge on any atom is 0.236 e. The van der Waals surface area contributed by atoms with Crippen LogP contribution in [0.1, 0.15) is 0 Å². The maximum absolute atomic E-state index is 6.65. The van der Waals surface area contributed by atoms with E-state index in [9.17, 15) is 0 Å². The Morgan fingerprint density at radius 1 is 0.465 bits per heavy atom. The molecule has 0 aliphatic rings. The first kappa shape index (κ1) is 22.7. The van der Waals surface area contributed by atoms with Crippen molar-refractivity contribution < 1.29 is 8.83 Å². The van der Waals surface area contributed by atoms with E-state index in [-0.39, 0.29) is 0 Å². The van der Waals surface area contributed by atoms with Gasteiger partial charge in [0.15, 0.2) is 5.58 Å². The molecule has 0 spiro atoms. The van der Waals surface area contributed by atoms with Crippen LogP contribution in [0.5, 0.6) is 0 Å². The highest BCUT2D eigenvalue weighted by Crippen LogP contribution is 2.42. The smallest absolute Gasteiger partial charge is 0.236 e. The summed E-state index contributed by atoms with van der Waals surface area (Å²) in [5.74, 6) is 0.598. The summed E-state index contributed by atoms with van der Waals surface area (Å²) in [6, 6.07) is 43.6. The van der Waals surface area contributed by atoms with Crippen LogP contribution in [-0.2, 0) is 0 Å². The molecule has 4 aromatic heterocycles. The standard InChI is InChI=1S/C38H21N3O2/c1-2-11-23(12-3-1)34-37-35(27-19-18-22-10-4-5-13-24(22)36(27)43-37)40-38(39-34)41-28-16-8-6-14-25(28)32-29(41)20-21-31-33(32)26-15-7-9-17-30(26)42-31/h1-21H. The van der Waals surface area contributed by atoms with Gasteiger partial charge < -0.3 is 8.83 Å². The summed E-state index contributed by atoms with van der Waals surface area (Å²) >= 11 is 0. The fourth-order valence-electron chi connectivity index (χ4n) is 6.74. The number of aromatic nitrogens is 3. The van der Waals surface area contributed by atoms with Crippen molar-refractivity contribution in [1.29, 1.82) is 0 Å². The number of fused-ring (bicyclic) bond motifs is 12. The van der Waals surface area contributed by atoms with Crippen LogP contribution in [0, 0.1) is 0 Å². The first-order valence-electron chi connectivity index (χ1n) is 14.3. The summed E-state index contributed by atoms with van der Waals surface area (Å²) in [4.78, 5) is 10.5. The molecule has 0 bridgehead atoms. The minimum Gasteiger partial charge on any atom is -0.456 e. The topological polar surface area (TPSA) is 57.0 Å². The first-order valence-corrected chi connectivity index (χ1v) is 14.3. The summed E-state index contributed by atoms with van der Waals surface area (Å²) in [5, 5.41) is 7.62. The molecule has 200 valence electrons. The Morgan fingerprint density at radius 3 is 2.14 bits per heavy atom. The molecule has 0 radical (unpaired) electrons. The predicted molar refractivity (Wildman–Crippen MR) is 174 cm³/mol. The van der Waals surface area contributed by atoms with E-state index in [0.717, 1.165) is 82.3 Å². The molecule has 0 fully saturated rings. The van der Waals surface area contributed by atoms with Gasteiger partial charge in [-0.25, -0.2) is 9.97 Å². The molecule has 43 heavy (non-hydrogen) atoms. The van der Waals surface area contributed by atoms with Crippen molar-refractivity contribution >= 4 is 76.6 Å². The highest BCUT2D eigenvalue weighted by Gasteiger charge is 2.23. The van der Waals surface area contributed by atoms with E-state index in [4.69, 9.17) is 18.8 Å². The van der Waals surface area contributed by atoms with Crippen molar-refractivity contribution in [1.82, 2.24) is 14.5 Å². The molecule has 0 aliphatic heterocycles. The van der Waals surface area contributed by atoms with Gasteiger partial charge in [-0.2, -0.15) is 0 Å². The third-order valence-electron chi connectivity index (χ3n) is 8.62. The molecule has 0 saturated carbocycles. The minimum absolute atomic E-state index is 0.598. The average molecular weight is 552 g/mol. The van der Waals surface area contributed by atoms with Gasteiger partial charge in [-0.3, -0.25) is 4.57 Å². The molecular formula is C38H21N3O2. The van der Waals surface area contributed by atoms with E-state index in [0.29, 0.717) is 11.5 Å². The van der Waals surface area contributed by atoms with E-state index >= 15 is 0 Å². The van der Waals surface area contributed by atoms with Gasteiger partial charge in [0.1, 0.15) is 28.0 Å². The second-order valence-electron chi connectivity index (χ2n) is 11.0. The highest BCUT2D eigenvalue weighted by molar-refractivity contribution is 6.27. The molecular weight excluding hydrogens is 530 g/mol. The quantitative estimate of drug-likeness (QED) is 0.214.